The number of primary amides is 1. The van der Waals surface area contributed by atoms with Crippen LogP contribution in [-0.4, -0.2) is 38.0 Å². The van der Waals surface area contributed by atoms with Crippen LogP contribution in [-0.2, 0) is 6.54 Å². The van der Waals surface area contributed by atoms with Crippen molar-refractivity contribution in [2.45, 2.75) is 6.54 Å². The third kappa shape index (κ3) is 3.99. The topological polar surface area (TPSA) is 58.4 Å². The highest BCUT2D eigenvalue weighted by atomic mass is 32.1. The molecule has 4 nitrogen and oxygen atoms in total. The van der Waals surface area contributed by atoms with Crippen LogP contribution in [0.15, 0.2) is 11.4 Å². The van der Waals surface area contributed by atoms with Crippen molar-refractivity contribution >= 4 is 17.2 Å². The van der Waals surface area contributed by atoms with E-state index >= 15 is 0 Å². The number of amides is 1. The van der Waals surface area contributed by atoms with E-state index in [0.717, 1.165) is 19.6 Å². The zero-order chi connectivity index (χ0) is 11.3. The van der Waals surface area contributed by atoms with E-state index in [1.54, 1.807) is 11.3 Å². The Balaban J connectivity index is 2.46. The molecule has 0 atom stereocenters. The molecule has 0 unspecified atom stereocenters. The Hall–Kier alpha value is -0.910. The van der Waals surface area contributed by atoms with Crippen LogP contribution >= 0.6 is 11.3 Å². The van der Waals surface area contributed by atoms with Crippen LogP contribution in [0.4, 0.5) is 0 Å². The van der Waals surface area contributed by atoms with Gasteiger partial charge in [-0.2, -0.15) is 0 Å². The third-order valence-corrected chi connectivity index (χ3v) is 3.03. The minimum absolute atomic E-state index is 0.352. The van der Waals surface area contributed by atoms with Crippen LogP contribution in [0.5, 0.6) is 0 Å². The summed E-state index contributed by atoms with van der Waals surface area (Å²) >= 11 is 1.58. The highest BCUT2D eigenvalue weighted by Gasteiger charge is 2.06. The van der Waals surface area contributed by atoms with Gasteiger partial charge in [0.1, 0.15) is 0 Å². The molecule has 0 aromatic carbocycles. The number of rotatable bonds is 6. The van der Waals surface area contributed by atoms with Crippen molar-refractivity contribution in [3.8, 4) is 0 Å². The number of nitrogens with two attached hydrogens (primary N) is 1. The lowest BCUT2D eigenvalue weighted by Gasteiger charge is -2.14. The molecule has 5 heteroatoms. The highest BCUT2D eigenvalue weighted by Crippen LogP contribution is 2.15. The predicted octanol–water partition coefficient (Wildman–Crippen LogP) is 0.498. The number of likely N-dealkylation sites (N-methyl/N-ethyl adjacent to an activating group) is 2. The highest BCUT2D eigenvalue weighted by molar-refractivity contribution is 7.10. The summed E-state index contributed by atoms with van der Waals surface area (Å²) < 4.78 is 0. The summed E-state index contributed by atoms with van der Waals surface area (Å²) in [7, 11) is 3.99. The Bertz CT molecular complexity index is 324. The first kappa shape index (κ1) is 12.2. The Kier molecular flexibility index (Phi) is 4.74. The number of thiophene rings is 1. The Labute approximate surface area is 94.1 Å². The van der Waals surface area contributed by atoms with Gasteiger partial charge in [0.05, 0.1) is 5.56 Å². The molecule has 0 spiro atoms. The van der Waals surface area contributed by atoms with Gasteiger partial charge in [0, 0.05) is 29.9 Å². The van der Waals surface area contributed by atoms with Crippen molar-refractivity contribution in [3.05, 3.63) is 21.9 Å². The summed E-state index contributed by atoms with van der Waals surface area (Å²) in [5.41, 5.74) is 5.79. The Morgan fingerprint density at radius 3 is 2.93 bits per heavy atom. The fourth-order valence-corrected chi connectivity index (χ4v) is 2.19. The number of carbonyl (C=O) groups excluding carboxylic acids is 1. The molecule has 1 rings (SSSR count). The Morgan fingerprint density at radius 1 is 1.67 bits per heavy atom. The molecule has 0 aliphatic heterocycles. The molecule has 1 aromatic rings. The van der Waals surface area contributed by atoms with Gasteiger partial charge in [0.2, 0.25) is 5.91 Å². The van der Waals surface area contributed by atoms with Gasteiger partial charge in [0.25, 0.3) is 0 Å². The van der Waals surface area contributed by atoms with Crippen LogP contribution in [0.25, 0.3) is 0 Å². The summed E-state index contributed by atoms with van der Waals surface area (Å²) in [6.45, 7) is 2.81. The van der Waals surface area contributed by atoms with E-state index in [9.17, 15) is 4.79 Å². The zero-order valence-corrected chi connectivity index (χ0v) is 9.93. The lowest BCUT2D eigenvalue weighted by molar-refractivity contribution is 0.100. The second-order valence-electron chi connectivity index (χ2n) is 3.51. The van der Waals surface area contributed by atoms with E-state index in [0.29, 0.717) is 5.56 Å². The summed E-state index contributed by atoms with van der Waals surface area (Å²) in [5.74, 6) is -0.352. The molecule has 1 amide bonds. The summed E-state index contributed by atoms with van der Waals surface area (Å²) in [6, 6.07) is 1.86. The maximum Gasteiger partial charge on any atom is 0.249 e. The van der Waals surface area contributed by atoms with E-state index < -0.39 is 0 Å². The minimum Gasteiger partial charge on any atom is -0.366 e. The number of hydrogen-bond acceptors (Lipinski definition) is 4. The van der Waals surface area contributed by atoms with Crippen molar-refractivity contribution in [1.29, 1.82) is 0 Å². The lowest BCUT2D eigenvalue weighted by Crippen LogP contribution is -2.26. The standard InChI is InChI=1S/C10H17N3OS/c1-12-3-4-13(2)6-9-5-8(7-15-9)10(11)14/h5,7,12H,3-4,6H2,1-2H3,(H2,11,14). The van der Waals surface area contributed by atoms with Crippen molar-refractivity contribution < 1.29 is 4.79 Å². The van der Waals surface area contributed by atoms with E-state index in [2.05, 4.69) is 17.3 Å². The molecular formula is C10H17N3OS. The first-order valence-electron chi connectivity index (χ1n) is 4.84. The van der Waals surface area contributed by atoms with E-state index in [1.165, 1.54) is 4.88 Å². The van der Waals surface area contributed by atoms with Crippen LogP contribution < -0.4 is 11.1 Å². The molecule has 0 aliphatic rings. The smallest absolute Gasteiger partial charge is 0.249 e. The maximum absolute atomic E-state index is 10.9. The molecule has 3 N–H and O–H groups in total. The number of nitrogens with zero attached hydrogens (tertiary/aromatic N) is 1. The van der Waals surface area contributed by atoms with Crippen molar-refractivity contribution in [1.82, 2.24) is 10.2 Å². The average molecular weight is 227 g/mol. The SMILES string of the molecule is CNCCN(C)Cc1cc(C(N)=O)cs1. The quantitative estimate of drug-likeness (QED) is 0.744. The molecule has 0 radical (unpaired) electrons. The molecule has 0 saturated carbocycles. The van der Waals surface area contributed by atoms with Crippen LogP contribution in [0.1, 0.15) is 15.2 Å². The summed E-state index contributed by atoms with van der Waals surface area (Å²) in [4.78, 5) is 14.2. The van der Waals surface area contributed by atoms with Gasteiger partial charge >= 0.3 is 0 Å². The van der Waals surface area contributed by atoms with Gasteiger partial charge in [-0.25, -0.2) is 0 Å². The number of hydrogen-bond donors (Lipinski definition) is 2. The second-order valence-corrected chi connectivity index (χ2v) is 4.50. The van der Waals surface area contributed by atoms with E-state index in [-0.39, 0.29) is 5.91 Å². The average Bonchev–Trinajstić information content (AvgIpc) is 2.63. The van der Waals surface area contributed by atoms with Gasteiger partial charge in [0.15, 0.2) is 0 Å². The van der Waals surface area contributed by atoms with Crippen LogP contribution in [0, 0.1) is 0 Å². The molecule has 15 heavy (non-hydrogen) atoms. The summed E-state index contributed by atoms with van der Waals surface area (Å²) in [5, 5.41) is 4.90. The first-order valence-corrected chi connectivity index (χ1v) is 5.72. The van der Waals surface area contributed by atoms with Crippen molar-refractivity contribution in [2.75, 3.05) is 27.2 Å². The molecule has 1 heterocycles. The van der Waals surface area contributed by atoms with Crippen LogP contribution in [0.2, 0.25) is 0 Å². The second kappa shape index (κ2) is 5.85. The number of carbonyl (C=O) groups is 1. The van der Waals surface area contributed by atoms with Gasteiger partial charge in [-0.05, 0) is 20.2 Å². The van der Waals surface area contributed by atoms with Crippen LogP contribution in [0.3, 0.4) is 0 Å². The van der Waals surface area contributed by atoms with E-state index in [4.69, 9.17) is 5.73 Å². The molecule has 0 aliphatic carbocycles. The predicted molar refractivity (Wildman–Crippen MR) is 63.1 cm³/mol. The van der Waals surface area contributed by atoms with Gasteiger partial charge in [-0.1, -0.05) is 0 Å². The molecule has 1 aromatic heterocycles. The number of nitrogens with one attached hydrogen (secondary N) is 1. The van der Waals surface area contributed by atoms with Crippen molar-refractivity contribution in [3.63, 3.8) is 0 Å². The molecule has 0 saturated heterocycles. The molecule has 84 valence electrons. The van der Waals surface area contributed by atoms with Gasteiger partial charge in [-0.3, -0.25) is 4.79 Å². The van der Waals surface area contributed by atoms with Crippen molar-refractivity contribution in [2.24, 2.45) is 5.73 Å². The Morgan fingerprint density at radius 2 is 2.40 bits per heavy atom. The van der Waals surface area contributed by atoms with E-state index in [1.807, 2.05) is 18.5 Å². The maximum atomic E-state index is 10.9. The summed E-state index contributed by atoms with van der Waals surface area (Å²) in [6.07, 6.45) is 0. The largest absolute Gasteiger partial charge is 0.366 e. The fraction of sp³-hybridized carbons (Fsp3) is 0.500. The minimum atomic E-state index is -0.352. The third-order valence-electron chi connectivity index (χ3n) is 2.11. The zero-order valence-electron chi connectivity index (χ0n) is 9.12. The van der Waals surface area contributed by atoms with Gasteiger partial charge in [-0.15, -0.1) is 11.3 Å². The first-order chi connectivity index (χ1) is 7.13. The molecule has 0 bridgehead atoms. The molecule has 0 fully saturated rings. The fourth-order valence-electron chi connectivity index (χ4n) is 1.24. The molecular weight excluding hydrogens is 210 g/mol. The monoisotopic (exact) mass is 227 g/mol. The van der Waals surface area contributed by atoms with Gasteiger partial charge < -0.3 is 16.0 Å². The lowest BCUT2D eigenvalue weighted by atomic mass is 10.3. The normalized spacial score (nSPS) is 10.9.